The van der Waals surface area contributed by atoms with Gasteiger partial charge in [-0.1, -0.05) is 71.7 Å². The summed E-state index contributed by atoms with van der Waals surface area (Å²) in [5, 5.41) is 6.45. The van der Waals surface area contributed by atoms with Crippen LogP contribution in [0.25, 0.3) is 11.2 Å². The van der Waals surface area contributed by atoms with E-state index in [0.717, 1.165) is 11.2 Å². The normalized spacial score (nSPS) is 11.0. The fourth-order valence-corrected chi connectivity index (χ4v) is 4.35. The second-order valence-electron chi connectivity index (χ2n) is 9.05. The third-order valence-electron chi connectivity index (χ3n) is 6.43. The summed E-state index contributed by atoms with van der Waals surface area (Å²) < 4.78 is 0. The van der Waals surface area contributed by atoms with Crippen molar-refractivity contribution in [3.63, 3.8) is 0 Å². The molecule has 9 heteroatoms. The summed E-state index contributed by atoms with van der Waals surface area (Å²) in [6, 6.07) is 26.4. The van der Waals surface area contributed by atoms with E-state index in [-0.39, 0.29) is 18.5 Å². The number of pyridine rings is 1. The monoisotopic (exact) mass is 507 g/mol. The van der Waals surface area contributed by atoms with Gasteiger partial charge < -0.3 is 15.5 Å². The highest BCUT2D eigenvalue weighted by molar-refractivity contribution is 5.80. The Kier molecular flexibility index (Phi) is 7.83. The Morgan fingerprint density at radius 2 is 1.68 bits per heavy atom. The van der Waals surface area contributed by atoms with Crippen LogP contribution < -0.4 is 15.6 Å². The van der Waals surface area contributed by atoms with E-state index < -0.39 is 0 Å². The second-order valence-corrected chi connectivity index (χ2v) is 9.05. The zero-order valence-electron chi connectivity index (χ0n) is 21.3. The number of hydrogen-bond donors (Lipinski definition) is 3. The maximum absolute atomic E-state index is 12.7. The Morgan fingerprint density at radius 1 is 0.974 bits per heavy atom. The lowest BCUT2D eigenvalue weighted by Gasteiger charge is -2.19. The first-order valence-corrected chi connectivity index (χ1v) is 12.7. The van der Waals surface area contributed by atoms with Crippen molar-refractivity contribution in [1.29, 1.82) is 0 Å². The minimum atomic E-state index is -0.189. The molecule has 2 amide bonds. The number of urea groups is 1. The van der Waals surface area contributed by atoms with Gasteiger partial charge in [-0.15, -0.1) is 0 Å². The number of rotatable bonds is 10. The Labute approximate surface area is 221 Å². The second kappa shape index (κ2) is 12.0. The quantitative estimate of drug-likeness (QED) is 0.266. The predicted octanol–water partition coefficient (Wildman–Crippen LogP) is 3.80. The number of carbonyl (C=O) groups is 1. The molecule has 0 aliphatic rings. The maximum Gasteiger partial charge on any atom is 0.317 e. The zero-order valence-corrected chi connectivity index (χ0v) is 21.3. The lowest BCUT2D eigenvalue weighted by molar-refractivity contribution is -0.347. The van der Waals surface area contributed by atoms with Gasteiger partial charge in [-0.25, -0.2) is 9.78 Å². The van der Waals surface area contributed by atoms with E-state index in [4.69, 9.17) is 4.98 Å². The van der Waals surface area contributed by atoms with E-state index in [1.165, 1.54) is 11.1 Å². The number of benzene rings is 2. The molecule has 0 bridgehead atoms. The number of H-pyrrole nitrogens is 2. The number of nitrogens with one attached hydrogen (secondary N) is 4. The van der Waals surface area contributed by atoms with E-state index in [1.54, 1.807) is 24.5 Å². The van der Waals surface area contributed by atoms with Crippen LogP contribution in [0.2, 0.25) is 0 Å². The lowest BCUT2D eigenvalue weighted by atomic mass is 9.91. The van der Waals surface area contributed by atoms with Crippen LogP contribution in [0.5, 0.6) is 0 Å². The molecule has 38 heavy (non-hydrogen) atoms. The molecule has 9 nitrogen and oxygen atoms in total. The number of fused-ring (bicyclic) bond motifs is 1. The minimum absolute atomic E-state index is 0.136. The standard InChI is InChI=1S/C29H30N8O/c1-37(17-15-23-14-8-9-16-30-23)29(38)32-19-25-35-27(26-28(36-25)34-20-33-26)31-18-24(21-10-4-2-5-11-21)22-12-6-3-7-13-22/h2-14,16,20,24H,15,17-19H2,1H3,(H,32,38)(H2,31,33,34,35,36)/p+1. The molecular weight excluding hydrogens is 476 g/mol. The van der Waals surface area contributed by atoms with Crippen molar-refractivity contribution in [2.75, 3.05) is 25.5 Å². The number of aromatic nitrogens is 5. The largest absolute Gasteiger partial charge is 0.366 e. The van der Waals surface area contributed by atoms with Gasteiger partial charge >= 0.3 is 11.7 Å². The molecule has 0 fully saturated rings. The van der Waals surface area contributed by atoms with Gasteiger partial charge in [0.25, 0.3) is 0 Å². The van der Waals surface area contributed by atoms with Gasteiger partial charge in [-0.3, -0.25) is 9.97 Å². The average Bonchev–Trinajstić information content (AvgIpc) is 3.45. The highest BCUT2D eigenvalue weighted by Gasteiger charge is 2.20. The number of nitrogens with zero attached hydrogens (tertiary/aromatic N) is 4. The first-order chi connectivity index (χ1) is 18.7. The van der Waals surface area contributed by atoms with Crippen molar-refractivity contribution >= 4 is 23.0 Å². The average molecular weight is 508 g/mol. The number of hydrogen-bond acceptors (Lipinski definition) is 5. The molecule has 0 saturated heterocycles. The van der Waals surface area contributed by atoms with E-state index in [9.17, 15) is 4.79 Å². The number of anilines is 1. The van der Waals surface area contributed by atoms with Crippen molar-refractivity contribution < 1.29 is 9.78 Å². The SMILES string of the molecule is CN(CCc1ccccn1)C(=O)NCc1nc(NCC(c2ccccc2)c2ccccc2)c2[nH]c[nH+]c2n1. The van der Waals surface area contributed by atoms with Gasteiger partial charge in [0.1, 0.15) is 0 Å². The van der Waals surface area contributed by atoms with Gasteiger partial charge in [-0.2, -0.15) is 4.98 Å². The number of carbonyl (C=O) groups excluding carboxylic acids is 1. The van der Waals surface area contributed by atoms with Crippen LogP contribution >= 0.6 is 0 Å². The number of amides is 2. The van der Waals surface area contributed by atoms with Crippen LogP contribution in [-0.4, -0.2) is 51.0 Å². The van der Waals surface area contributed by atoms with E-state index in [1.807, 2.05) is 30.3 Å². The Balaban J connectivity index is 1.27. The lowest BCUT2D eigenvalue weighted by Crippen LogP contribution is -2.38. The van der Waals surface area contributed by atoms with Crippen molar-refractivity contribution in [1.82, 2.24) is 30.2 Å². The molecule has 4 N–H and O–H groups in total. The van der Waals surface area contributed by atoms with Gasteiger partial charge in [0.05, 0.1) is 6.54 Å². The van der Waals surface area contributed by atoms with Crippen LogP contribution in [0.3, 0.4) is 0 Å². The molecule has 3 aromatic heterocycles. The fraction of sp³-hybridized carbons (Fsp3) is 0.207. The molecule has 0 aliphatic carbocycles. The van der Waals surface area contributed by atoms with Crippen molar-refractivity contribution in [3.8, 4) is 0 Å². The highest BCUT2D eigenvalue weighted by Crippen LogP contribution is 2.26. The molecule has 0 saturated carbocycles. The summed E-state index contributed by atoms with van der Waals surface area (Å²) in [4.78, 5) is 34.3. The summed E-state index contributed by atoms with van der Waals surface area (Å²) >= 11 is 0. The summed E-state index contributed by atoms with van der Waals surface area (Å²) in [7, 11) is 1.77. The molecule has 0 atom stereocenters. The van der Waals surface area contributed by atoms with Crippen molar-refractivity contribution in [3.05, 3.63) is 114 Å². The van der Waals surface area contributed by atoms with E-state index in [2.05, 4.69) is 79.1 Å². The molecule has 3 heterocycles. The van der Waals surface area contributed by atoms with Crippen LogP contribution in [0.4, 0.5) is 10.6 Å². The first kappa shape index (κ1) is 24.9. The molecule has 0 spiro atoms. The summed E-state index contributed by atoms with van der Waals surface area (Å²) in [6.07, 6.45) is 4.17. The minimum Gasteiger partial charge on any atom is -0.366 e. The Bertz CT molecular complexity index is 1420. The van der Waals surface area contributed by atoms with Crippen LogP contribution in [0, 0.1) is 0 Å². The third kappa shape index (κ3) is 6.12. The van der Waals surface area contributed by atoms with Crippen molar-refractivity contribution in [2.24, 2.45) is 0 Å². The van der Waals surface area contributed by atoms with Gasteiger partial charge in [-0.05, 0) is 23.3 Å². The topological polar surface area (TPSA) is 113 Å². The maximum atomic E-state index is 12.7. The molecule has 0 aliphatic heterocycles. The summed E-state index contributed by atoms with van der Waals surface area (Å²) in [6.45, 7) is 1.40. The van der Waals surface area contributed by atoms with Gasteiger partial charge in [0.15, 0.2) is 12.1 Å². The van der Waals surface area contributed by atoms with E-state index >= 15 is 0 Å². The van der Waals surface area contributed by atoms with Gasteiger partial charge in [0.2, 0.25) is 11.3 Å². The molecule has 2 aromatic carbocycles. The predicted molar refractivity (Wildman–Crippen MR) is 146 cm³/mol. The smallest absolute Gasteiger partial charge is 0.317 e. The Hall–Kier alpha value is -4.79. The summed E-state index contributed by atoms with van der Waals surface area (Å²) in [5.41, 5.74) is 4.84. The molecule has 192 valence electrons. The first-order valence-electron chi connectivity index (χ1n) is 12.7. The summed E-state index contributed by atoms with van der Waals surface area (Å²) in [5.74, 6) is 1.33. The van der Waals surface area contributed by atoms with Crippen molar-refractivity contribution in [2.45, 2.75) is 18.9 Å². The molecule has 0 unspecified atom stereocenters. The fourth-order valence-electron chi connectivity index (χ4n) is 4.35. The number of likely N-dealkylation sites (N-methyl/N-ethyl adjacent to an activating group) is 1. The highest BCUT2D eigenvalue weighted by atomic mass is 16.2. The molecule has 5 rings (SSSR count). The van der Waals surface area contributed by atoms with Crippen LogP contribution in [0.1, 0.15) is 28.6 Å². The van der Waals surface area contributed by atoms with Crippen LogP contribution in [0.15, 0.2) is 91.4 Å². The van der Waals surface area contributed by atoms with Crippen LogP contribution in [-0.2, 0) is 13.0 Å². The Morgan fingerprint density at radius 3 is 2.37 bits per heavy atom. The van der Waals surface area contributed by atoms with E-state index in [0.29, 0.717) is 36.8 Å². The molecule has 5 aromatic rings. The van der Waals surface area contributed by atoms with Gasteiger partial charge in [0, 0.05) is 44.4 Å². The zero-order chi connectivity index (χ0) is 26.2. The number of aromatic amines is 2. The molecule has 0 radical (unpaired) electrons. The third-order valence-corrected chi connectivity index (χ3v) is 6.43. The number of imidazole rings is 1. The molecular formula is C29H31N8O+.